The minimum absolute atomic E-state index is 0.552. The second-order valence-corrected chi connectivity index (χ2v) is 4.37. The van der Waals surface area contributed by atoms with Gasteiger partial charge in [-0.15, -0.1) is 6.58 Å². The number of halogens is 13. The van der Waals surface area contributed by atoms with Crippen LogP contribution in [0.1, 0.15) is 0 Å². The zero-order valence-corrected chi connectivity index (χ0v) is 11.3. The summed E-state index contributed by atoms with van der Waals surface area (Å²) in [6.45, 7) is 1.72. The molecular weight excluding hydrogens is 397 g/mol. The van der Waals surface area contributed by atoms with Crippen molar-refractivity contribution < 1.29 is 61.9 Å². The number of rotatable bonds is 7. The van der Waals surface area contributed by atoms with Crippen LogP contribution in [0.3, 0.4) is 0 Å². The summed E-state index contributed by atoms with van der Waals surface area (Å²) >= 11 is 0. The Morgan fingerprint density at radius 3 is 1.40 bits per heavy atom. The fourth-order valence-corrected chi connectivity index (χ4v) is 1.19. The maximum absolute atomic E-state index is 13.1. The molecule has 0 saturated heterocycles. The highest BCUT2D eigenvalue weighted by atomic mass is 19.4. The Kier molecular flexibility index (Phi) is 5.81. The van der Waals surface area contributed by atoms with Crippen molar-refractivity contribution >= 4 is 5.91 Å². The molecule has 0 spiro atoms. The fourth-order valence-electron chi connectivity index (χ4n) is 1.19. The molecule has 0 atom stereocenters. The first kappa shape index (κ1) is 23.3. The summed E-state index contributed by atoms with van der Waals surface area (Å²) in [5.74, 6) is -41.5. The maximum atomic E-state index is 13.1. The average Bonchev–Trinajstić information content (AvgIpc) is 2.42. The standard InChI is InChI=1S/C10H6F13NO/c1-2-3-24-4(25)5(11,12)6(13,14)7(15,16)8(17,18)9(19,20)10(21,22)23/h2H,1,3H2,(H,24,25). The third kappa shape index (κ3) is 3.23. The van der Waals surface area contributed by atoms with E-state index in [0.29, 0.717) is 6.08 Å². The van der Waals surface area contributed by atoms with Gasteiger partial charge in [-0.1, -0.05) is 6.08 Å². The summed E-state index contributed by atoms with van der Waals surface area (Å²) in [6.07, 6.45) is -6.94. The molecular formula is C10H6F13NO. The van der Waals surface area contributed by atoms with Crippen LogP contribution in [0.15, 0.2) is 12.7 Å². The highest BCUT2D eigenvalue weighted by Gasteiger charge is 2.91. The zero-order valence-electron chi connectivity index (χ0n) is 11.3. The lowest BCUT2D eigenvalue weighted by Crippen LogP contribution is -2.72. The molecule has 0 radical (unpaired) electrons. The van der Waals surface area contributed by atoms with E-state index in [4.69, 9.17) is 0 Å². The molecule has 1 amide bonds. The van der Waals surface area contributed by atoms with Gasteiger partial charge in [0.1, 0.15) is 0 Å². The molecule has 0 bridgehead atoms. The molecule has 0 saturated carbocycles. The highest BCUT2D eigenvalue weighted by molar-refractivity contribution is 5.85. The van der Waals surface area contributed by atoms with Crippen LogP contribution in [0.2, 0.25) is 0 Å². The third-order valence-electron chi connectivity index (χ3n) is 2.63. The van der Waals surface area contributed by atoms with Crippen LogP contribution in [0.5, 0.6) is 0 Å². The second-order valence-electron chi connectivity index (χ2n) is 4.37. The number of carbonyl (C=O) groups excluding carboxylic acids is 1. The maximum Gasteiger partial charge on any atom is 0.460 e. The van der Waals surface area contributed by atoms with E-state index in [1.165, 1.54) is 0 Å². The van der Waals surface area contributed by atoms with Crippen molar-refractivity contribution in [1.82, 2.24) is 5.32 Å². The Labute approximate surface area is 129 Å². The second kappa shape index (κ2) is 6.23. The Morgan fingerprint density at radius 2 is 1.08 bits per heavy atom. The van der Waals surface area contributed by atoms with Crippen LogP contribution >= 0.6 is 0 Å². The van der Waals surface area contributed by atoms with Gasteiger partial charge in [-0.2, -0.15) is 57.1 Å². The van der Waals surface area contributed by atoms with Crippen LogP contribution in [0.4, 0.5) is 57.1 Å². The lowest BCUT2D eigenvalue weighted by Gasteiger charge is -2.39. The van der Waals surface area contributed by atoms with Gasteiger partial charge in [-0.05, 0) is 0 Å². The molecule has 0 aliphatic rings. The van der Waals surface area contributed by atoms with Gasteiger partial charge in [0.05, 0.1) is 0 Å². The van der Waals surface area contributed by atoms with Crippen molar-refractivity contribution in [3.8, 4) is 0 Å². The quantitative estimate of drug-likeness (QED) is 0.505. The zero-order chi connectivity index (χ0) is 20.7. The summed E-state index contributed by atoms with van der Waals surface area (Å²) in [6, 6.07) is 0. The molecule has 0 aliphatic carbocycles. The van der Waals surface area contributed by atoms with Gasteiger partial charge in [-0.3, -0.25) is 4.79 Å². The first-order chi connectivity index (χ1) is 10.7. The number of hydrogen-bond donors (Lipinski definition) is 1. The molecule has 15 heteroatoms. The van der Waals surface area contributed by atoms with E-state index < -0.39 is 48.2 Å². The minimum atomic E-state index is -8.02. The largest absolute Gasteiger partial charge is 0.460 e. The summed E-state index contributed by atoms with van der Waals surface area (Å²) in [5.41, 5.74) is 0. The molecule has 148 valence electrons. The fraction of sp³-hybridized carbons (Fsp3) is 0.700. The monoisotopic (exact) mass is 403 g/mol. The number of nitrogens with one attached hydrogen (secondary N) is 1. The molecule has 0 aromatic rings. The molecule has 0 aromatic heterocycles. The van der Waals surface area contributed by atoms with Crippen molar-refractivity contribution in [2.75, 3.05) is 6.54 Å². The van der Waals surface area contributed by atoms with Gasteiger partial charge in [0, 0.05) is 6.54 Å². The molecule has 2 nitrogen and oxygen atoms in total. The lowest BCUT2D eigenvalue weighted by molar-refractivity contribution is -0.436. The summed E-state index contributed by atoms with van der Waals surface area (Å²) < 4.78 is 164. The normalized spacial score (nSPS) is 15.1. The van der Waals surface area contributed by atoms with Crippen molar-refractivity contribution in [2.24, 2.45) is 0 Å². The van der Waals surface area contributed by atoms with Crippen LogP contribution < -0.4 is 5.32 Å². The predicted octanol–water partition coefficient (Wildman–Crippen LogP) is 4.03. The topological polar surface area (TPSA) is 29.1 Å². The van der Waals surface area contributed by atoms with E-state index in [9.17, 15) is 61.9 Å². The molecule has 1 N–H and O–H groups in total. The number of alkyl halides is 13. The Bertz CT molecular complexity index is 521. The van der Waals surface area contributed by atoms with Crippen molar-refractivity contribution in [2.45, 2.75) is 35.8 Å². The molecule has 0 fully saturated rings. The van der Waals surface area contributed by atoms with E-state index >= 15 is 0 Å². The first-order valence-corrected chi connectivity index (χ1v) is 5.58. The predicted molar refractivity (Wildman–Crippen MR) is 54.0 cm³/mol. The summed E-state index contributed by atoms with van der Waals surface area (Å²) in [5, 5.41) is 0.796. The third-order valence-corrected chi connectivity index (χ3v) is 2.63. The van der Waals surface area contributed by atoms with Gasteiger partial charge in [-0.25, -0.2) is 0 Å². The lowest BCUT2D eigenvalue weighted by atomic mass is 9.93. The van der Waals surface area contributed by atoms with Crippen molar-refractivity contribution in [3.63, 3.8) is 0 Å². The SMILES string of the molecule is C=CCNC(=O)C(F)(F)C(F)(F)C(F)(F)C(F)(F)C(F)(F)C(F)(F)F. The number of carbonyl (C=O) groups is 1. The molecule has 0 aliphatic heterocycles. The van der Waals surface area contributed by atoms with E-state index in [0.717, 1.165) is 5.32 Å². The minimum Gasteiger partial charge on any atom is -0.347 e. The van der Waals surface area contributed by atoms with Crippen LogP contribution in [0.25, 0.3) is 0 Å². The van der Waals surface area contributed by atoms with Crippen LogP contribution in [-0.4, -0.2) is 48.2 Å². The van der Waals surface area contributed by atoms with Gasteiger partial charge >= 0.3 is 35.8 Å². The first-order valence-electron chi connectivity index (χ1n) is 5.58. The number of hydrogen-bond acceptors (Lipinski definition) is 1. The molecule has 25 heavy (non-hydrogen) atoms. The van der Waals surface area contributed by atoms with Gasteiger partial charge < -0.3 is 5.32 Å². The van der Waals surface area contributed by atoms with Gasteiger partial charge in [0.2, 0.25) is 0 Å². The Balaban J connectivity index is 6.20. The Hall–Kier alpha value is -1.70. The van der Waals surface area contributed by atoms with Crippen molar-refractivity contribution in [3.05, 3.63) is 12.7 Å². The summed E-state index contributed by atoms with van der Waals surface area (Å²) in [7, 11) is 0. The van der Waals surface area contributed by atoms with Crippen LogP contribution in [-0.2, 0) is 4.79 Å². The van der Waals surface area contributed by atoms with E-state index in [2.05, 4.69) is 6.58 Å². The Morgan fingerprint density at radius 1 is 0.720 bits per heavy atom. The van der Waals surface area contributed by atoms with Crippen molar-refractivity contribution in [1.29, 1.82) is 0 Å². The average molecular weight is 403 g/mol. The number of amides is 1. The van der Waals surface area contributed by atoms with Gasteiger partial charge in [0.25, 0.3) is 5.91 Å². The molecule has 0 heterocycles. The smallest absolute Gasteiger partial charge is 0.347 e. The van der Waals surface area contributed by atoms with Crippen LogP contribution in [0, 0.1) is 0 Å². The van der Waals surface area contributed by atoms with Gasteiger partial charge in [0.15, 0.2) is 0 Å². The van der Waals surface area contributed by atoms with E-state index in [1.807, 2.05) is 0 Å². The molecule has 0 unspecified atom stereocenters. The van der Waals surface area contributed by atoms with E-state index in [1.54, 1.807) is 0 Å². The summed E-state index contributed by atoms with van der Waals surface area (Å²) in [4.78, 5) is 10.7. The molecule has 0 rings (SSSR count). The highest BCUT2D eigenvalue weighted by Crippen LogP contribution is 2.60. The van der Waals surface area contributed by atoms with E-state index in [-0.39, 0.29) is 0 Å². The molecule has 0 aromatic carbocycles.